The molecule has 0 aliphatic heterocycles. The Bertz CT molecular complexity index is 595. The van der Waals surface area contributed by atoms with Crippen LogP contribution in [-0.2, 0) is 17.8 Å². The zero-order valence-corrected chi connectivity index (χ0v) is 15.5. The molecule has 0 aromatic carbocycles. The van der Waals surface area contributed by atoms with E-state index in [9.17, 15) is 4.79 Å². The summed E-state index contributed by atoms with van der Waals surface area (Å²) in [5.41, 5.74) is 0. The number of hydrogen-bond donors (Lipinski definition) is 1. The second kappa shape index (κ2) is 9.08. The van der Waals surface area contributed by atoms with Crippen molar-refractivity contribution in [2.75, 3.05) is 6.54 Å². The van der Waals surface area contributed by atoms with Crippen LogP contribution in [0.2, 0.25) is 0 Å². The predicted molar refractivity (Wildman–Crippen MR) is 95.8 cm³/mol. The highest BCUT2D eigenvalue weighted by Gasteiger charge is 2.17. The number of thiophene rings is 1. The molecule has 2 aromatic heterocycles. The first-order valence-electron chi connectivity index (χ1n) is 7.91. The van der Waals surface area contributed by atoms with Crippen LogP contribution < -0.4 is 5.32 Å². The average molecular weight is 353 g/mol. The molecule has 126 valence electrons. The first-order chi connectivity index (χ1) is 11.1. The summed E-state index contributed by atoms with van der Waals surface area (Å²) in [6, 6.07) is 4.19. The van der Waals surface area contributed by atoms with E-state index in [1.807, 2.05) is 11.5 Å². The molecule has 0 saturated carbocycles. The van der Waals surface area contributed by atoms with Gasteiger partial charge < -0.3 is 9.88 Å². The zero-order valence-electron chi connectivity index (χ0n) is 13.9. The highest BCUT2D eigenvalue weighted by Crippen LogP contribution is 2.21. The van der Waals surface area contributed by atoms with E-state index in [0.29, 0.717) is 5.92 Å². The second-order valence-electron chi connectivity index (χ2n) is 5.87. The van der Waals surface area contributed by atoms with Crippen molar-refractivity contribution in [3.05, 3.63) is 28.7 Å². The number of rotatable bonds is 9. The molecule has 2 rings (SSSR count). The summed E-state index contributed by atoms with van der Waals surface area (Å²) in [6.07, 6.45) is 3.69. The minimum atomic E-state index is -0.174. The molecule has 0 aliphatic rings. The van der Waals surface area contributed by atoms with Gasteiger partial charge in [-0.1, -0.05) is 31.7 Å². The predicted octanol–water partition coefficient (Wildman–Crippen LogP) is 3.23. The summed E-state index contributed by atoms with van der Waals surface area (Å²) in [5, 5.41) is 13.8. The van der Waals surface area contributed by atoms with E-state index in [1.54, 1.807) is 17.7 Å². The van der Waals surface area contributed by atoms with Crippen molar-refractivity contribution in [1.29, 1.82) is 0 Å². The molecule has 0 radical (unpaired) electrons. The maximum absolute atomic E-state index is 12.1. The number of aromatic nitrogens is 3. The van der Waals surface area contributed by atoms with Crippen LogP contribution in [0, 0.1) is 5.92 Å². The molecular formula is C16H24N4OS2. The Morgan fingerprint density at radius 2 is 2.26 bits per heavy atom. The molecule has 1 amide bonds. The Morgan fingerprint density at radius 3 is 2.96 bits per heavy atom. The third kappa shape index (κ3) is 5.99. The second-order valence-corrected chi connectivity index (χ2v) is 8.21. The number of carbonyl (C=O) groups excluding carboxylic acids is 1. The highest BCUT2D eigenvalue weighted by atomic mass is 32.2. The van der Waals surface area contributed by atoms with Gasteiger partial charge in [0.05, 0.1) is 5.25 Å². The van der Waals surface area contributed by atoms with Gasteiger partial charge in [0.1, 0.15) is 6.33 Å². The molecule has 7 heteroatoms. The molecular weight excluding hydrogens is 328 g/mol. The Morgan fingerprint density at radius 1 is 1.43 bits per heavy atom. The van der Waals surface area contributed by atoms with Crippen molar-refractivity contribution in [3.8, 4) is 0 Å². The van der Waals surface area contributed by atoms with Crippen LogP contribution in [0.3, 0.4) is 0 Å². The summed E-state index contributed by atoms with van der Waals surface area (Å²) < 4.78 is 2.02. The van der Waals surface area contributed by atoms with Gasteiger partial charge in [-0.3, -0.25) is 4.79 Å². The van der Waals surface area contributed by atoms with Gasteiger partial charge in [0.25, 0.3) is 0 Å². The van der Waals surface area contributed by atoms with Crippen molar-refractivity contribution in [1.82, 2.24) is 20.1 Å². The number of nitrogens with one attached hydrogen (secondary N) is 1. The normalized spacial score (nSPS) is 12.5. The molecule has 1 atom stereocenters. The van der Waals surface area contributed by atoms with Gasteiger partial charge in [-0.2, -0.15) is 0 Å². The fourth-order valence-electron chi connectivity index (χ4n) is 2.01. The molecule has 0 bridgehead atoms. The maximum atomic E-state index is 12.1. The van der Waals surface area contributed by atoms with Gasteiger partial charge >= 0.3 is 0 Å². The third-order valence-electron chi connectivity index (χ3n) is 3.43. The number of hydrogen-bond acceptors (Lipinski definition) is 5. The van der Waals surface area contributed by atoms with Crippen LogP contribution in [0.15, 0.2) is 29.0 Å². The van der Waals surface area contributed by atoms with Crippen LogP contribution in [0.4, 0.5) is 0 Å². The number of aryl methyl sites for hydroxylation is 2. The van der Waals surface area contributed by atoms with E-state index in [1.165, 1.54) is 16.6 Å². The topological polar surface area (TPSA) is 59.8 Å². The van der Waals surface area contributed by atoms with Gasteiger partial charge in [-0.15, -0.1) is 21.5 Å². The fourth-order valence-corrected chi connectivity index (χ4v) is 3.59. The summed E-state index contributed by atoms with van der Waals surface area (Å²) in [7, 11) is 0. The largest absolute Gasteiger partial charge is 0.355 e. The van der Waals surface area contributed by atoms with Crippen molar-refractivity contribution >= 4 is 29.0 Å². The number of thioether (sulfide) groups is 1. The molecule has 2 heterocycles. The number of carbonyl (C=O) groups is 1. The van der Waals surface area contributed by atoms with E-state index < -0.39 is 0 Å². The molecule has 23 heavy (non-hydrogen) atoms. The van der Waals surface area contributed by atoms with Crippen LogP contribution in [0.1, 0.15) is 32.1 Å². The third-order valence-corrected chi connectivity index (χ3v) is 5.46. The SMILES string of the molecule is CC(C)CCNC(=O)C(C)Sc1nncn1CCc1cccs1. The molecule has 1 unspecified atom stereocenters. The quantitative estimate of drug-likeness (QED) is 0.704. The lowest BCUT2D eigenvalue weighted by molar-refractivity contribution is -0.120. The maximum Gasteiger partial charge on any atom is 0.233 e. The summed E-state index contributed by atoms with van der Waals surface area (Å²) >= 11 is 3.22. The van der Waals surface area contributed by atoms with Gasteiger partial charge in [-0.05, 0) is 37.1 Å². The highest BCUT2D eigenvalue weighted by molar-refractivity contribution is 8.00. The molecule has 2 aromatic rings. The van der Waals surface area contributed by atoms with Crippen molar-refractivity contribution in [3.63, 3.8) is 0 Å². The minimum absolute atomic E-state index is 0.0588. The first-order valence-corrected chi connectivity index (χ1v) is 9.66. The number of amides is 1. The van der Waals surface area contributed by atoms with E-state index in [0.717, 1.165) is 31.1 Å². The summed E-state index contributed by atoms with van der Waals surface area (Å²) in [5.74, 6) is 0.655. The minimum Gasteiger partial charge on any atom is -0.355 e. The Kier molecular flexibility index (Phi) is 7.11. The molecule has 1 N–H and O–H groups in total. The smallest absolute Gasteiger partial charge is 0.233 e. The standard InChI is InChI=1S/C16H24N4OS2/c1-12(2)6-8-17-15(21)13(3)23-16-19-18-11-20(16)9-7-14-5-4-10-22-14/h4-5,10-13H,6-9H2,1-3H3,(H,17,21). The van der Waals surface area contributed by atoms with Crippen LogP contribution >= 0.6 is 23.1 Å². The van der Waals surface area contributed by atoms with Gasteiger partial charge in [-0.25, -0.2) is 0 Å². The van der Waals surface area contributed by atoms with E-state index in [-0.39, 0.29) is 11.2 Å². The lowest BCUT2D eigenvalue weighted by atomic mass is 10.1. The molecule has 0 fully saturated rings. The van der Waals surface area contributed by atoms with E-state index in [4.69, 9.17) is 0 Å². The van der Waals surface area contributed by atoms with Crippen molar-refractivity contribution < 1.29 is 4.79 Å². The average Bonchev–Trinajstić information content (AvgIpc) is 3.16. The number of nitrogens with zero attached hydrogens (tertiary/aromatic N) is 3. The van der Waals surface area contributed by atoms with E-state index in [2.05, 4.69) is 46.9 Å². The van der Waals surface area contributed by atoms with Gasteiger partial charge in [0, 0.05) is 18.0 Å². The fraction of sp³-hybridized carbons (Fsp3) is 0.562. The van der Waals surface area contributed by atoms with E-state index >= 15 is 0 Å². The first kappa shape index (κ1) is 18.0. The molecule has 0 saturated heterocycles. The summed E-state index contributed by atoms with van der Waals surface area (Å²) in [4.78, 5) is 13.5. The molecule has 0 spiro atoms. The van der Waals surface area contributed by atoms with Crippen molar-refractivity contribution in [2.45, 2.75) is 50.6 Å². The van der Waals surface area contributed by atoms with Crippen LogP contribution in [-0.4, -0.2) is 32.5 Å². The van der Waals surface area contributed by atoms with Gasteiger partial charge in [0.2, 0.25) is 5.91 Å². The monoisotopic (exact) mass is 352 g/mol. The molecule has 5 nitrogen and oxygen atoms in total. The Hall–Kier alpha value is -1.34. The summed E-state index contributed by atoms with van der Waals surface area (Å²) in [6.45, 7) is 7.78. The lowest BCUT2D eigenvalue weighted by Crippen LogP contribution is -2.32. The molecule has 0 aliphatic carbocycles. The van der Waals surface area contributed by atoms with Gasteiger partial charge in [0.15, 0.2) is 5.16 Å². The zero-order chi connectivity index (χ0) is 16.7. The van der Waals surface area contributed by atoms with Crippen LogP contribution in [0.5, 0.6) is 0 Å². The Labute approximate surface area is 145 Å². The lowest BCUT2D eigenvalue weighted by Gasteiger charge is -2.13. The van der Waals surface area contributed by atoms with Crippen LogP contribution in [0.25, 0.3) is 0 Å². The Balaban J connectivity index is 1.82. The van der Waals surface area contributed by atoms with Crippen molar-refractivity contribution in [2.24, 2.45) is 5.92 Å².